The number of carbonyl (C=O) groups excluding carboxylic acids is 1. The van der Waals surface area contributed by atoms with Crippen molar-refractivity contribution in [1.29, 1.82) is 0 Å². The molecule has 4 aromatic rings. The summed E-state index contributed by atoms with van der Waals surface area (Å²) in [6.45, 7) is 5.07. The van der Waals surface area contributed by atoms with Gasteiger partial charge in [-0.15, -0.1) is 5.10 Å². The van der Waals surface area contributed by atoms with Gasteiger partial charge in [-0.05, 0) is 31.5 Å². The fourth-order valence-corrected chi connectivity index (χ4v) is 4.25. The Labute approximate surface area is 182 Å². The number of carbonyl (C=O) groups is 1. The van der Waals surface area contributed by atoms with Crippen molar-refractivity contribution in [3.05, 3.63) is 52.0 Å². The molecule has 0 atom stereocenters. The van der Waals surface area contributed by atoms with Gasteiger partial charge in [0.15, 0.2) is 11.5 Å². The number of oxazole rings is 1. The molecule has 8 nitrogen and oxygen atoms in total. The van der Waals surface area contributed by atoms with Crippen molar-refractivity contribution in [2.45, 2.75) is 20.3 Å². The van der Waals surface area contributed by atoms with Crippen LogP contribution in [0.25, 0.3) is 22.7 Å². The summed E-state index contributed by atoms with van der Waals surface area (Å²) in [5, 5.41) is 13.2. The zero-order chi connectivity index (χ0) is 21.0. The van der Waals surface area contributed by atoms with Crippen molar-refractivity contribution in [2.24, 2.45) is 0 Å². The molecule has 0 spiro atoms. The summed E-state index contributed by atoms with van der Waals surface area (Å²) in [5.41, 5.74) is 3.66. The standard InChI is InChI=1S/C20H18Cl2N6O2/c1-3-15-18(27-8-6-16(25-27)26-9-7-23-20(26)29)19-28(24-15)17(11(2)30-19)13-5-4-12(21)10-14(13)22/h4-6,8,10H,3,7,9H2,1-2H3,(H,23,29). The molecule has 0 aliphatic carbocycles. The summed E-state index contributed by atoms with van der Waals surface area (Å²) in [6.07, 6.45) is 2.49. The van der Waals surface area contributed by atoms with E-state index in [0.29, 0.717) is 46.8 Å². The first kappa shape index (κ1) is 19.0. The number of nitrogens with one attached hydrogen (secondary N) is 1. The van der Waals surface area contributed by atoms with Crippen LogP contribution in [0.15, 0.2) is 34.9 Å². The first-order chi connectivity index (χ1) is 14.5. The molecule has 2 amide bonds. The zero-order valence-electron chi connectivity index (χ0n) is 16.3. The normalized spacial score (nSPS) is 14.1. The number of hydrogen-bond donors (Lipinski definition) is 1. The summed E-state index contributed by atoms with van der Waals surface area (Å²) in [5.74, 6) is 1.26. The van der Waals surface area contributed by atoms with Gasteiger partial charge in [-0.2, -0.15) is 9.61 Å². The quantitative estimate of drug-likeness (QED) is 0.502. The largest absolute Gasteiger partial charge is 0.439 e. The minimum Gasteiger partial charge on any atom is -0.439 e. The first-order valence-electron chi connectivity index (χ1n) is 9.55. The topological polar surface area (TPSA) is 80.6 Å². The monoisotopic (exact) mass is 444 g/mol. The summed E-state index contributed by atoms with van der Waals surface area (Å²) in [7, 11) is 0. The van der Waals surface area contributed by atoms with E-state index in [0.717, 1.165) is 22.6 Å². The number of aromatic nitrogens is 4. The third-order valence-electron chi connectivity index (χ3n) is 5.14. The van der Waals surface area contributed by atoms with Gasteiger partial charge in [0, 0.05) is 35.9 Å². The molecule has 1 N–H and O–H groups in total. The van der Waals surface area contributed by atoms with Gasteiger partial charge in [-0.3, -0.25) is 4.90 Å². The number of benzene rings is 1. The highest BCUT2D eigenvalue weighted by Crippen LogP contribution is 2.36. The number of urea groups is 1. The Bertz CT molecular complexity index is 1290. The number of anilines is 1. The van der Waals surface area contributed by atoms with E-state index < -0.39 is 0 Å². The number of amides is 2. The van der Waals surface area contributed by atoms with Crippen molar-refractivity contribution < 1.29 is 9.21 Å². The van der Waals surface area contributed by atoms with Crippen LogP contribution in [0, 0.1) is 6.92 Å². The van der Waals surface area contributed by atoms with E-state index >= 15 is 0 Å². The van der Waals surface area contributed by atoms with E-state index in [1.54, 1.807) is 32.3 Å². The maximum atomic E-state index is 12.0. The van der Waals surface area contributed by atoms with Crippen LogP contribution in [0.2, 0.25) is 10.0 Å². The van der Waals surface area contributed by atoms with Crippen molar-refractivity contribution >= 4 is 40.8 Å². The Morgan fingerprint density at radius 2 is 2.07 bits per heavy atom. The molecule has 0 saturated carbocycles. The minimum absolute atomic E-state index is 0.148. The maximum Gasteiger partial charge on any atom is 0.323 e. The molecule has 10 heteroatoms. The van der Waals surface area contributed by atoms with Crippen LogP contribution in [0.5, 0.6) is 0 Å². The molecule has 0 bridgehead atoms. The van der Waals surface area contributed by atoms with Crippen LogP contribution in [0.1, 0.15) is 18.4 Å². The van der Waals surface area contributed by atoms with Crippen LogP contribution in [-0.4, -0.2) is 38.5 Å². The number of fused-ring (bicyclic) bond motifs is 1. The summed E-state index contributed by atoms with van der Waals surface area (Å²) < 4.78 is 9.58. The van der Waals surface area contributed by atoms with Gasteiger partial charge in [-0.1, -0.05) is 30.1 Å². The van der Waals surface area contributed by atoms with Gasteiger partial charge >= 0.3 is 6.03 Å². The van der Waals surface area contributed by atoms with Crippen LogP contribution in [0.4, 0.5) is 10.6 Å². The number of rotatable bonds is 4. The Kier molecular flexibility index (Phi) is 4.48. The number of hydrogen-bond acceptors (Lipinski definition) is 4. The molecule has 1 aliphatic heterocycles. The molecule has 30 heavy (non-hydrogen) atoms. The van der Waals surface area contributed by atoms with E-state index in [4.69, 9.17) is 32.7 Å². The molecule has 1 saturated heterocycles. The van der Waals surface area contributed by atoms with Crippen LogP contribution < -0.4 is 10.2 Å². The lowest BCUT2D eigenvalue weighted by molar-refractivity contribution is 0.252. The Morgan fingerprint density at radius 3 is 2.77 bits per heavy atom. The maximum absolute atomic E-state index is 12.0. The van der Waals surface area contributed by atoms with E-state index in [9.17, 15) is 4.79 Å². The average molecular weight is 445 g/mol. The van der Waals surface area contributed by atoms with Gasteiger partial charge < -0.3 is 9.73 Å². The molecule has 4 heterocycles. The lowest BCUT2D eigenvalue weighted by atomic mass is 10.1. The third kappa shape index (κ3) is 2.86. The van der Waals surface area contributed by atoms with Gasteiger partial charge in [-0.25, -0.2) is 9.48 Å². The lowest BCUT2D eigenvalue weighted by Crippen LogP contribution is -2.28. The first-order valence-corrected chi connectivity index (χ1v) is 10.3. The highest BCUT2D eigenvalue weighted by molar-refractivity contribution is 6.36. The lowest BCUT2D eigenvalue weighted by Gasteiger charge is -2.09. The van der Waals surface area contributed by atoms with E-state index in [-0.39, 0.29) is 6.03 Å². The molecule has 1 fully saturated rings. The smallest absolute Gasteiger partial charge is 0.323 e. The van der Waals surface area contributed by atoms with Crippen LogP contribution in [-0.2, 0) is 6.42 Å². The molecular formula is C20H18Cl2N6O2. The second kappa shape index (κ2) is 7.07. The predicted molar refractivity (Wildman–Crippen MR) is 115 cm³/mol. The Hall–Kier alpha value is -2.97. The Morgan fingerprint density at radius 1 is 1.23 bits per heavy atom. The minimum atomic E-state index is -0.148. The van der Waals surface area contributed by atoms with Crippen molar-refractivity contribution in [3.63, 3.8) is 0 Å². The SMILES string of the molecule is CCc1nn2c(-c3ccc(Cl)cc3Cl)c(C)oc2c1-n1ccc(N2CCNC2=O)n1. The van der Waals surface area contributed by atoms with Gasteiger partial charge in [0.25, 0.3) is 0 Å². The van der Waals surface area contributed by atoms with Crippen molar-refractivity contribution in [3.8, 4) is 16.9 Å². The van der Waals surface area contributed by atoms with Gasteiger partial charge in [0.2, 0.25) is 5.71 Å². The highest BCUT2D eigenvalue weighted by atomic mass is 35.5. The van der Waals surface area contributed by atoms with Crippen LogP contribution >= 0.6 is 23.2 Å². The summed E-state index contributed by atoms with van der Waals surface area (Å²) >= 11 is 12.5. The van der Waals surface area contributed by atoms with Gasteiger partial charge in [0.1, 0.15) is 11.5 Å². The summed E-state index contributed by atoms with van der Waals surface area (Å²) in [4.78, 5) is 13.6. The van der Waals surface area contributed by atoms with Crippen LogP contribution in [0.3, 0.4) is 0 Å². The molecular weight excluding hydrogens is 427 g/mol. The van der Waals surface area contributed by atoms with E-state index in [1.807, 2.05) is 26.1 Å². The second-order valence-electron chi connectivity index (χ2n) is 7.00. The molecule has 1 aliphatic rings. The van der Waals surface area contributed by atoms with E-state index in [2.05, 4.69) is 10.4 Å². The van der Waals surface area contributed by atoms with E-state index in [1.165, 1.54) is 0 Å². The average Bonchev–Trinajstić information content (AvgIpc) is 3.46. The second-order valence-corrected chi connectivity index (χ2v) is 7.84. The molecule has 0 unspecified atom stereocenters. The third-order valence-corrected chi connectivity index (χ3v) is 5.69. The molecule has 0 radical (unpaired) electrons. The number of nitrogens with zero attached hydrogens (tertiary/aromatic N) is 5. The highest BCUT2D eigenvalue weighted by Gasteiger charge is 2.27. The van der Waals surface area contributed by atoms with Gasteiger partial charge in [0.05, 0.1) is 10.7 Å². The molecule has 3 aromatic heterocycles. The predicted octanol–water partition coefficient (Wildman–Crippen LogP) is 4.49. The Balaban J connectivity index is 1.67. The number of aryl methyl sites for hydroxylation is 2. The number of halogens is 2. The molecule has 5 rings (SSSR count). The zero-order valence-corrected chi connectivity index (χ0v) is 17.8. The fraction of sp³-hybridized carbons (Fsp3) is 0.250. The van der Waals surface area contributed by atoms with Crippen molar-refractivity contribution in [2.75, 3.05) is 18.0 Å². The summed E-state index contributed by atoms with van der Waals surface area (Å²) in [6, 6.07) is 6.99. The molecule has 1 aromatic carbocycles. The molecule has 154 valence electrons. The fourth-order valence-electron chi connectivity index (χ4n) is 3.75. The van der Waals surface area contributed by atoms with Crippen molar-refractivity contribution in [1.82, 2.24) is 24.7 Å².